The Morgan fingerprint density at radius 1 is 1.13 bits per heavy atom. The van der Waals surface area contributed by atoms with Crippen LogP contribution < -0.4 is 10.2 Å². The lowest BCUT2D eigenvalue weighted by Gasteiger charge is -2.27. The molecule has 0 amide bonds. The van der Waals surface area contributed by atoms with Gasteiger partial charge in [0, 0.05) is 49.6 Å². The van der Waals surface area contributed by atoms with E-state index in [0.29, 0.717) is 11.7 Å². The summed E-state index contributed by atoms with van der Waals surface area (Å²) in [5.41, 5.74) is 6.74. The van der Waals surface area contributed by atoms with Crippen molar-refractivity contribution in [3.8, 4) is 5.69 Å². The highest BCUT2D eigenvalue weighted by Crippen LogP contribution is 2.41. The smallest absolute Gasteiger partial charge is 0.170 e. The van der Waals surface area contributed by atoms with E-state index in [1.54, 1.807) is 6.20 Å². The number of anilines is 1. The van der Waals surface area contributed by atoms with Crippen molar-refractivity contribution in [2.24, 2.45) is 0 Å². The fraction of sp³-hybridized carbons (Fsp3) is 0.333. The first-order valence-electron chi connectivity index (χ1n) is 10.5. The van der Waals surface area contributed by atoms with Crippen LogP contribution in [0.5, 0.6) is 0 Å². The molecular formula is C24H29N5OS. The molecule has 2 aromatic heterocycles. The van der Waals surface area contributed by atoms with Crippen LogP contribution in [-0.2, 0) is 0 Å². The van der Waals surface area contributed by atoms with Crippen molar-refractivity contribution in [1.82, 2.24) is 19.8 Å². The summed E-state index contributed by atoms with van der Waals surface area (Å²) in [6, 6.07) is 16.6. The predicted octanol–water partition coefficient (Wildman–Crippen LogP) is 3.52. The van der Waals surface area contributed by atoms with Gasteiger partial charge in [-0.3, -0.25) is 4.98 Å². The van der Waals surface area contributed by atoms with Gasteiger partial charge in [-0.1, -0.05) is 6.07 Å². The number of hydrogen-bond donors (Lipinski definition) is 2. The summed E-state index contributed by atoms with van der Waals surface area (Å²) in [6.45, 7) is 4.79. The number of hydrogen-bond acceptors (Lipinski definition) is 4. The first-order valence-corrected chi connectivity index (χ1v) is 10.9. The van der Waals surface area contributed by atoms with Gasteiger partial charge in [-0.2, -0.15) is 0 Å². The Balaban J connectivity index is 1.79. The molecule has 1 fully saturated rings. The summed E-state index contributed by atoms with van der Waals surface area (Å²) in [5, 5.41) is 13.8. The van der Waals surface area contributed by atoms with E-state index >= 15 is 0 Å². The van der Waals surface area contributed by atoms with E-state index in [1.807, 2.05) is 32.3 Å². The maximum Gasteiger partial charge on any atom is 0.170 e. The monoisotopic (exact) mass is 435 g/mol. The molecular weight excluding hydrogens is 406 g/mol. The molecule has 0 saturated carbocycles. The van der Waals surface area contributed by atoms with Crippen molar-refractivity contribution in [3.63, 3.8) is 0 Å². The van der Waals surface area contributed by atoms with Crippen LogP contribution in [0.4, 0.5) is 5.69 Å². The highest BCUT2D eigenvalue weighted by atomic mass is 32.1. The van der Waals surface area contributed by atoms with E-state index in [9.17, 15) is 5.11 Å². The minimum atomic E-state index is -0.0784. The molecule has 3 aromatic rings. The fourth-order valence-corrected chi connectivity index (χ4v) is 4.81. The maximum atomic E-state index is 9.69. The topological polar surface area (TPSA) is 56.6 Å². The van der Waals surface area contributed by atoms with Crippen LogP contribution in [0.3, 0.4) is 0 Å². The van der Waals surface area contributed by atoms with Crippen LogP contribution in [0.2, 0.25) is 0 Å². The number of pyridine rings is 1. The van der Waals surface area contributed by atoms with Gasteiger partial charge in [-0.25, -0.2) is 0 Å². The third kappa shape index (κ3) is 3.91. The van der Waals surface area contributed by atoms with Gasteiger partial charge in [0.1, 0.15) is 0 Å². The Bertz CT molecular complexity index is 1060. The maximum absolute atomic E-state index is 9.69. The van der Waals surface area contributed by atoms with Crippen LogP contribution in [0.25, 0.3) is 5.69 Å². The van der Waals surface area contributed by atoms with Crippen molar-refractivity contribution < 1.29 is 5.11 Å². The number of aliphatic hydroxyl groups excluding tert-OH is 1. The molecule has 1 aliphatic rings. The first kappa shape index (κ1) is 21.3. The Kier molecular flexibility index (Phi) is 5.98. The second-order valence-corrected chi connectivity index (χ2v) is 8.50. The molecule has 0 bridgehead atoms. The summed E-state index contributed by atoms with van der Waals surface area (Å²) in [6.07, 6.45) is 1.81. The molecule has 2 N–H and O–H groups in total. The minimum Gasteiger partial charge on any atom is -0.395 e. The van der Waals surface area contributed by atoms with Crippen molar-refractivity contribution >= 4 is 23.0 Å². The van der Waals surface area contributed by atoms with Gasteiger partial charge in [0.05, 0.1) is 24.4 Å². The number of rotatable bonds is 6. The standard InChI is InChI=1S/C24H29N5OS/c1-16-15-20(17(2)29(16)19-10-8-18(9-11-19)27(3)4)23-22(21-7-5-6-12-25-21)26-24(31)28(23)13-14-30/h5-12,15,22-23,30H,13-14H2,1-4H3,(H,26,31)/t22-,23-/m1/s1. The normalized spacial score (nSPS) is 18.4. The molecule has 1 saturated heterocycles. The van der Waals surface area contributed by atoms with Crippen molar-refractivity contribution in [3.05, 3.63) is 77.4 Å². The lowest BCUT2D eigenvalue weighted by molar-refractivity contribution is 0.223. The van der Waals surface area contributed by atoms with Gasteiger partial charge in [0.2, 0.25) is 0 Å². The van der Waals surface area contributed by atoms with Gasteiger partial charge in [0.15, 0.2) is 5.11 Å². The van der Waals surface area contributed by atoms with Crippen LogP contribution >= 0.6 is 12.2 Å². The third-order valence-corrected chi connectivity index (χ3v) is 6.30. The molecule has 0 aliphatic carbocycles. The predicted molar refractivity (Wildman–Crippen MR) is 129 cm³/mol. The molecule has 6 nitrogen and oxygen atoms in total. The summed E-state index contributed by atoms with van der Waals surface area (Å²) >= 11 is 5.64. The van der Waals surface area contributed by atoms with E-state index in [1.165, 1.54) is 11.3 Å². The third-order valence-electron chi connectivity index (χ3n) is 5.95. The van der Waals surface area contributed by atoms with E-state index in [2.05, 4.69) is 68.8 Å². The Labute approximate surface area is 189 Å². The molecule has 0 unspecified atom stereocenters. The molecule has 1 aromatic carbocycles. The molecule has 2 atom stereocenters. The zero-order chi connectivity index (χ0) is 22.1. The molecule has 31 heavy (non-hydrogen) atoms. The van der Waals surface area contributed by atoms with Gasteiger partial charge >= 0.3 is 0 Å². The first-order chi connectivity index (χ1) is 14.9. The number of nitrogens with zero attached hydrogens (tertiary/aromatic N) is 4. The van der Waals surface area contributed by atoms with Gasteiger partial charge < -0.3 is 24.8 Å². The summed E-state index contributed by atoms with van der Waals surface area (Å²) < 4.78 is 2.28. The lowest BCUT2D eigenvalue weighted by Crippen LogP contribution is -2.32. The second kappa shape index (κ2) is 8.69. The Morgan fingerprint density at radius 3 is 2.48 bits per heavy atom. The van der Waals surface area contributed by atoms with E-state index in [-0.39, 0.29) is 18.7 Å². The SMILES string of the molecule is Cc1cc([C@@H]2[C@@H](c3ccccn3)NC(=S)N2CCO)c(C)n1-c1ccc(N(C)C)cc1. The molecule has 0 spiro atoms. The van der Waals surface area contributed by atoms with Crippen molar-refractivity contribution in [2.75, 3.05) is 32.1 Å². The molecule has 3 heterocycles. The largest absolute Gasteiger partial charge is 0.395 e. The average molecular weight is 436 g/mol. The van der Waals surface area contributed by atoms with E-state index in [0.717, 1.165) is 22.8 Å². The van der Waals surface area contributed by atoms with Crippen molar-refractivity contribution in [2.45, 2.75) is 25.9 Å². The highest BCUT2D eigenvalue weighted by Gasteiger charge is 2.41. The fourth-order valence-electron chi connectivity index (χ4n) is 4.48. The molecule has 162 valence electrons. The zero-order valence-corrected chi connectivity index (χ0v) is 19.2. The number of benzene rings is 1. The zero-order valence-electron chi connectivity index (χ0n) is 18.4. The second-order valence-electron chi connectivity index (χ2n) is 8.12. The average Bonchev–Trinajstić information content (AvgIpc) is 3.24. The number of β-amino-alcohol motifs (C(OH)–C–C–N with tert-alkyl or cyclic N) is 1. The Hall–Kier alpha value is -2.90. The molecule has 1 aliphatic heterocycles. The van der Waals surface area contributed by atoms with Gasteiger partial charge in [-0.15, -0.1) is 0 Å². The van der Waals surface area contributed by atoms with Crippen LogP contribution in [0, 0.1) is 13.8 Å². The minimum absolute atomic E-state index is 0.0397. The molecule has 7 heteroatoms. The van der Waals surface area contributed by atoms with Crippen LogP contribution in [-0.4, -0.2) is 51.9 Å². The van der Waals surface area contributed by atoms with Crippen molar-refractivity contribution in [1.29, 1.82) is 0 Å². The number of aliphatic hydroxyl groups is 1. The number of aromatic nitrogens is 2. The number of aryl methyl sites for hydroxylation is 1. The molecule has 0 radical (unpaired) electrons. The van der Waals surface area contributed by atoms with Gasteiger partial charge in [0.25, 0.3) is 0 Å². The summed E-state index contributed by atoms with van der Waals surface area (Å²) in [7, 11) is 4.09. The number of thiocarbonyl (C=S) groups is 1. The van der Waals surface area contributed by atoms with Crippen LogP contribution in [0.1, 0.15) is 34.7 Å². The highest BCUT2D eigenvalue weighted by molar-refractivity contribution is 7.80. The molecule has 4 rings (SSSR count). The lowest BCUT2D eigenvalue weighted by atomic mass is 9.97. The quantitative estimate of drug-likeness (QED) is 0.578. The van der Waals surface area contributed by atoms with E-state index < -0.39 is 0 Å². The van der Waals surface area contributed by atoms with E-state index in [4.69, 9.17) is 12.2 Å². The summed E-state index contributed by atoms with van der Waals surface area (Å²) in [4.78, 5) is 8.76. The van der Waals surface area contributed by atoms with Gasteiger partial charge in [-0.05, 0) is 74.1 Å². The Morgan fingerprint density at radius 2 is 1.87 bits per heavy atom. The summed E-state index contributed by atoms with van der Waals surface area (Å²) in [5.74, 6) is 0. The van der Waals surface area contributed by atoms with Crippen LogP contribution in [0.15, 0.2) is 54.7 Å². The number of nitrogens with one attached hydrogen (secondary N) is 1.